The van der Waals surface area contributed by atoms with Gasteiger partial charge in [-0.25, -0.2) is 0 Å². The third-order valence-electron chi connectivity index (χ3n) is 6.01. The highest BCUT2D eigenvalue weighted by molar-refractivity contribution is 5.76. The molecule has 0 saturated heterocycles. The van der Waals surface area contributed by atoms with Gasteiger partial charge in [0, 0.05) is 6.42 Å². The quantitative estimate of drug-likeness (QED) is 0.0930. The molecule has 1 amide bonds. The molecule has 206 valence electrons. The number of hydrogen-bond donors (Lipinski definition) is 3. The van der Waals surface area contributed by atoms with Gasteiger partial charge in [0.15, 0.2) is 0 Å². The molecule has 2 atom stereocenters. The molecule has 0 aliphatic heterocycles. The average Bonchev–Trinajstić information content (AvgIpc) is 2.88. The van der Waals surface area contributed by atoms with E-state index in [1.54, 1.807) is 6.08 Å². The standard InChI is InChI=1S/C32H55NO3/c1-3-5-7-9-11-12-13-14-15-16-17-18-19-20-22-24-26-28-32(36)33-30(29-34)31(35)27-25-23-21-10-8-6-4-2/h5,7,11-12,14-15,17-18,25,27,30-31,34-35H,3-4,6,8-10,13,16,19-24,26,28-29H2,1-2H3,(H,33,36)/b7-5-,12-11-,15-14-,18-17-,27-25+. The Labute approximate surface area is 222 Å². The highest BCUT2D eigenvalue weighted by atomic mass is 16.3. The first-order valence-corrected chi connectivity index (χ1v) is 14.5. The van der Waals surface area contributed by atoms with Gasteiger partial charge in [-0.05, 0) is 57.8 Å². The van der Waals surface area contributed by atoms with Gasteiger partial charge in [-0.3, -0.25) is 4.79 Å². The van der Waals surface area contributed by atoms with Crippen molar-refractivity contribution in [3.8, 4) is 0 Å². The fourth-order valence-corrected chi connectivity index (χ4v) is 3.75. The van der Waals surface area contributed by atoms with Crippen molar-refractivity contribution < 1.29 is 15.0 Å². The fraction of sp³-hybridized carbons (Fsp3) is 0.656. The molecule has 4 heteroatoms. The van der Waals surface area contributed by atoms with E-state index >= 15 is 0 Å². The minimum Gasteiger partial charge on any atom is -0.394 e. The minimum absolute atomic E-state index is 0.0972. The predicted molar refractivity (Wildman–Crippen MR) is 156 cm³/mol. The van der Waals surface area contributed by atoms with Gasteiger partial charge < -0.3 is 15.5 Å². The third kappa shape index (κ3) is 23.8. The molecule has 0 aromatic heterocycles. The van der Waals surface area contributed by atoms with Crippen LogP contribution in [0.5, 0.6) is 0 Å². The molecule has 0 rings (SSSR count). The Kier molecular flexibility index (Phi) is 26.2. The van der Waals surface area contributed by atoms with Gasteiger partial charge in [0.05, 0.1) is 18.8 Å². The second-order valence-corrected chi connectivity index (χ2v) is 9.43. The van der Waals surface area contributed by atoms with E-state index in [4.69, 9.17) is 0 Å². The summed E-state index contributed by atoms with van der Waals surface area (Å²) in [5.74, 6) is -0.0972. The van der Waals surface area contributed by atoms with E-state index in [-0.39, 0.29) is 12.5 Å². The molecule has 0 fully saturated rings. The maximum Gasteiger partial charge on any atom is 0.220 e. The van der Waals surface area contributed by atoms with Crippen molar-refractivity contribution in [2.75, 3.05) is 6.61 Å². The molecule has 0 spiro atoms. The molecular formula is C32H55NO3. The monoisotopic (exact) mass is 501 g/mol. The van der Waals surface area contributed by atoms with Crippen LogP contribution in [0.1, 0.15) is 117 Å². The number of allylic oxidation sites excluding steroid dienone is 9. The summed E-state index contributed by atoms with van der Waals surface area (Å²) in [6.45, 7) is 4.09. The van der Waals surface area contributed by atoms with Crippen LogP contribution in [0.15, 0.2) is 60.8 Å². The van der Waals surface area contributed by atoms with Gasteiger partial charge in [-0.1, -0.05) is 113 Å². The van der Waals surface area contributed by atoms with E-state index in [9.17, 15) is 15.0 Å². The zero-order chi connectivity index (χ0) is 26.5. The number of nitrogens with one attached hydrogen (secondary N) is 1. The van der Waals surface area contributed by atoms with Crippen LogP contribution in [0.25, 0.3) is 0 Å². The summed E-state index contributed by atoms with van der Waals surface area (Å²) in [6, 6.07) is -0.632. The zero-order valence-electron chi connectivity index (χ0n) is 23.3. The lowest BCUT2D eigenvalue weighted by molar-refractivity contribution is -0.123. The van der Waals surface area contributed by atoms with Crippen LogP contribution in [0.2, 0.25) is 0 Å². The highest BCUT2D eigenvalue weighted by Gasteiger charge is 2.17. The molecule has 3 N–H and O–H groups in total. The summed E-state index contributed by atoms with van der Waals surface area (Å²) in [5.41, 5.74) is 0. The maximum atomic E-state index is 12.2. The van der Waals surface area contributed by atoms with Crippen molar-refractivity contribution in [2.24, 2.45) is 0 Å². The molecule has 0 aromatic rings. The van der Waals surface area contributed by atoms with E-state index in [0.717, 1.165) is 70.6 Å². The van der Waals surface area contributed by atoms with Crippen LogP contribution in [0.3, 0.4) is 0 Å². The van der Waals surface area contributed by atoms with Crippen LogP contribution in [0, 0.1) is 0 Å². The largest absolute Gasteiger partial charge is 0.394 e. The van der Waals surface area contributed by atoms with Crippen molar-refractivity contribution in [1.29, 1.82) is 0 Å². The van der Waals surface area contributed by atoms with E-state index in [1.807, 2.05) is 6.08 Å². The van der Waals surface area contributed by atoms with Gasteiger partial charge >= 0.3 is 0 Å². The van der Waals surface area contributed by atoms with Crippen molar-refractivity contribution in [1.82, 2.24) is 5.32 Å². The summed E-state index contributed by atoms with van der Waals surface area (Å²) >= 11 is 0. The average molecular weight is 502 g/mol. The summed E-state index contributed by atoms with van der Waals surface area (Å²) in [4.78, 5) is 12.2. The zero-order valence-corrected chi connectivity index (χ0v) is 23.3. The molecule has 0 radical (unpaired) electrons. The smallest absolute Gasteiger partial charge is 0.220 e. The number of amides is 1. The Morgan fingerprint density at radius 2 is 1.22 bits per heavy atom. The molecule has 2 unspecified atom stereocenters. The molecule has 4 nitrogen and oxygen atoms in total. The second-order valence-electron chi connectivity index (χ2n) is 9.43. The molecule has 0 aromatic carbocycles. The van der Waals surface area contributed by atoms with Crippen LogP contribution >= 0.6 is 0 Å². The maximum absolute atomic E-state index is 12.2. The molecule has 0 saturated carbocycles. The summed E-state index contributed by atoms with van der Waals surface area (Å²) in [7, 11) is 0. The summed E-state index contributed by atoms with van der Waals surface area (Å²) in [6.07, 6.45) is 37.2. The first kappa shape index (κ1) is 34.1. The molecule has 0 aliphatic carbocycles. The van der Waals surface area contributed by atoms with Crippen LogP contribution < -0.4 is 5.32 Å². The van der Waals surface area contributed by atoms with Crippen LogP contribution in [0.4, 0.5) is 0 Å². The molecule has 0 bridgehead atoms. The van der Waals surface area contributed by atoms with Crippen LogP contribution in [-0.2, 0) is 4.79 Å². The highest BCUT2D eigenvalue weighted by Crippen LogP contribution is 2.08. The van der Waals surface area contributed by atoms with E-state index in [0.29, 0.717) is 6.42 Å². The lowest BCUT2D eigenvalue weighted by Gasteiger charge is -2.20. The second kappa shape index (κ2) is 27.7. The first-order valence-electron chi connectivity index (χ1n) is 14.5. The lowest BCUT2D eigenvalue weighted by Crippen LogP contribution is -2.45. The van der Waals surface area contributed by atoms with E-state index < -0.39 is 12.1 Å². The third-order valence-corrected chi connectivity index (χ3v) is 6.01. The van der Waals surface area contributed by atoms with Gasteiger partial charge in [0.2, 0.25) is 5.91 Å². The Morgan fingerprint density at radius 1 is 0.694 bits per heavy atom. The summed E-state index contributed by atoms with van der Waals surface area (Å²) in [5, 5.41) is 22.6. The van der Waals surface area contributed by atoms with E-state index in [1.165, 1.54) is 25.7 Å². The van der Waals surface area contributed by atoms with Gasteiger partial charge in [0.25, 0.3) is 0 Å². The van der Waals surface area contributed by atoms with Crippen molar-refractivity contribution in [2.45, 2.75) is 129 Å². The Balaban J connectivity index is 3.76. The minimum atomic E-state index is -0.847. The summed E-state index contributed by atoms with van der Waals surface area (Å²) < 4.78 is 0. The Morgan fingerprint density at radius 3 is 1.81 bits per heavy atom. The SMILES string of the molecule is CC/C=C\C/C=C\C/C=C\C/C=C\CCCCCCC(=O)NC(CO)C(O)/C=C/CCCCCCC. The van der Waals surface area contributed by atoms with Crippen LogP contribution in [-0.4, -0.2) is 34.9 Å². The first-order chi connectivity index (χ1) is 17.7. The van der Waals surface area contributed by atoms with E-state index in [2.05, 4.69) is 67.8 Å². The molecular weight excluding hydrogens is 446 g/mol. The number of carbonyl (C=O) groups is 1. The molecule has 0 heterocycles. The number of carbonyl (C=O) groups excluding carboxylic acids is 1. The number of rotatable bonds is 24. The fourth-order valence-electron chi connectivity index (χ4n) is 3.75. The van der Waals surface area contributed by atoms with Gasteiger partial charge in [-0.2, -0.15) is 0 Å². The Bertz CT molecular complexity index is 633. The van der Waals surface area contributed by atoms with Gasteiger partial charge in [0.1, 0.15) is 0 Å². The number of aliphatic hydroxyl groups is 2. The topological polar surface area (TPSA) is 69.6 Å². The molecule has 36 heavy (non-hydrogen) atoms. The van der Waals surface area contributed by atoms with Crippen molar-refractivity contribution in [3.63, 3.8) is 0 Å². The Hall–Kier alpha value is -1.91. The lowest BCUT2D eigenvalue weighted by atomic mass is 10.1. The van der Waals surface area contributed by atoms with Gasteiger partial charge in [-0.15, -0.1) is 0 Å². The predicted octanol–water partition coefficient (Wildman–Crippen LogP) is 7.89. The number of aliphatic hydroxyl groups excluding tert-OH is 2. The van der Waals surface area contributed by atoms with Crippen molar-refractivity contribution in [3.05, 3.63) is 60.8 Å². The van der Waals surface area contributed by atoms with Crippen molar-refractivity contribution >= 4 is 5.91 Å². The molecule has 0 aliphatic rings. The number of hydrogen-bond acceptors (Lipinski definition) is 3. The normalized spacial score (nSPS) is 14.2. The number of unbranched alkanes of at least 4 members (excludes halogenated alkanes) is 9.